The molecule has 1 N–H and O–H groups in total. The van der Waals surface area contributed by atoms with E-state index < -0.39 is 0 Å². The first kappa shape index (κ1) is 21.1. The SMILES string of the molecule is O=C(NCc1ccccc1)N1CCCC(N(CCN2CCOCC2)C(=O)C2CC2)C1. The molecule has 2 heterocycles. The lowest BCUT2D eigenvalue weighted by molar-refractivity contribution is -0.136. The molecule has 4 rings (SSSR count). The van der Waals surface area contributed by atoms with Crippen LogP contribution in [0.3, 0.4) is 0 Å². The van der Waals surface area contributed by atoms with E-state index in [2.05, 4.69) is 15.1 Å². The maximum absolute atomic E-state index is 13.0. The zero-order valence-electron chi connectivity index (χ0n) is 17.8. The number of hydrogen-bond donors (Lipinski definition) is 1. The van der Waals surface area contributed by atoms with Gasteiger partial charge in [-0.3, -0.25) is 9.69 Å². The summed E-state index contributed by atoms with van der Waals surface area (Å²) in [5, 5.41) is 3.04. The molecule has 0 aromatic heterocycles. The van der Waals surface area contributed by atoms with Crippen LogP contribution in [-0.4, -0.2) is 85.2 Å². The van der Waals surface area contributed by atoms with Crippen LogP contribution >= 0.6 is 0 Å². The van der Waals surface area contributed by atoms with Gasteiger partial charge in [-0.25, -0.2) is 4.79 Å². The molecule has 7 heteroatoms. The lowest BCUT2D eigenvalue weighted by Gasteiger charge is -2.40. The maximum Gasteiger partial charge on any atom is 0.317 e. The fraction of sp³-hybridized carbons (Fsp3) is 0.652. The Bertz CT molecular complexity index is 704. The number of morpholine rings is 1. The summed E-state index contributed by atoms with van der Waals surface area (Å²) >= 11 is 0. The minimum Gasteiger partial charge on any atom is -0.379 e. The van der Waals surface area contributed by atoms with Gasteiger partial charge in [0.15, 0.2) is 0 Å². The highest BCUT2D eigenvalue weighted by Gasteiger charge is 2.38. The van der Waals surface area contributed by atoms with E-state index in [4.69, 9.17) is 4.74 Å². The first-order valence-electron chi connectivity index (χ1n) is 11.4. The fourth-order valence-corrected chi connectivity index (χ4v) is 4.39. The second-order valence-corrected chi connectivity index (χ2v) is 8.65. The van der Waals surface area contributed by atoms with Crippen LogP contribution in [0.15, 0.2) is 30.3 Å². The van der Waals surface area contributed by atoms with Crippen LogP contribution in [0.5, 0.6) is 0 Å². The van der Waals surface area contributed by atoms with Crippen molar-refractivity contribution in [1.82, 2.24) is 20.0 Å². The number of urea groups is 1. The molecule has 2 saturated heterocycles. The Balaban J connectivity index is 1.33. The van der Waals surface area contributed by atoms with E-state index >= 15 is 0 Å². The molecule has 0 radical (unpaired) electrons. The number of carbonyl (C=O) groups is 2. The third-order valence-electron chi connectivity index (χ3n) is 6.38. The number of amides is 3. The second kappa shape index (κ2) is 10.3. The van der Waals surface area contributed by atoms with Crippen LogP contribution in [-0.2, 0) is 16.1 Å². The Morgan fingerprint density at radius 3 is 2.57 bits per heavy atom. The molecule has 3 amide bonds. The predicted molar refractivity (Wildman–Crippen MR) is 115 cm³/mol. The number of carbonyl (C=O) groups excluding carboxylic acids is 2. The molecule has 0 bridgehead atoms. The summed E-state index contributed by atoms with van der Waals surface area (Å²) in [6.45, 7) is 6.97. The van der Waals surface area contributed by atoms with Crippen molar-refractivity contribution in [2.75, 3.05) is 52.5 Å². The summed E-state index contributed by atoms with van der Waals surface area (Å²) < 4.78 is 5.44. The number of nitrogens with zero attached hydrogens (tertiary/aromatic N) is 3. The van der Waals surface area contributed by atoms with Gasteiger partial charge in [0.2, 0.25) is 5.91 Å². The molecule has 7 nitrogen and oxygen atoms in total. The van der Waals surface area contributed by atoms with Crippen LogP contribution in [0.25, 0.3) is 0 Å². The maximum atomic E-state index is 13.0. The molecule has 1 aromatic carbocycles. The molecule has 164 valence electrons. The van der Waals surface area contributed by atoms with Gasteiger partial charge in [-0.15, -0.1) is 0 Å². The van der Waals surface area contributed by atoms with Gasteiger partial charge >= 0.3 is 6.03 Å². The van der Waals surface area contributed by atoms with Crippen molar-refractivity contribution in [3.8, 4) is 0 Å². The largest absolute Gasteiger partial charge is 0.379 e. The van der Waals surface area contributed by atoms with Gasteiger partial charge in [-0.05, 0) is 31.2 Å². The Hall–Kier alpha value is -2.12. The first-order valence-corrected chi connectivity index (χ1v) is 11.4. The van der Waals surface area contributed by atoms with Gasteiger partial charge in [-0.1, -0.05) is 30.3 Å². The van der Waals surface area contributed by atoms with E-state index in [0.29, 0.717) is 19.0 Å². The summed E-state index contributed by atoms with van der Waals surface area (Å²) in [5.41, 5.74) is 1.09. The van der Waals surface area contributed by atoms with Crippen molar-refractivity contribution < 1.29 is 14.3 Å². The van der Waals surface area contributed by atoms with Crippen LogP contribution in [0.4, 0.5) is 4.79 Å². The fourth-order valence-electron chi connectivity index (χ4n) is 4.39. The summed E-state index contributed by atoms with van der Waals surface area (Å²) in [4.78, 5) is 32.1. The van der Waals surface area contributed by atoms with Crippen molar-refractivity contribution in [2.45, 2.75) is 38.3 Å². The van der Waals surface area contributed by atoms with Crippen LogP contribution in [0, 0.1) is 5.92 Å². The number of ether oxygens (including phenoxy) is 1. The van der Waals surface area contributed by atoms with Crippen LogP contribution in [0.2, 0.25) is 0 Å². The smallest absolute Gasteiger partial charge is 0.317 e. The highest BCUT2D eigenvalue weighted by Crippen LogP contribution is 2.32. The summed E-state index contributed by atoms with van der Waals surface area (Å²) in [5.74, 6) is 0.497. The molecule has 0 spiro atoms. The second-order valence-electron chi connectivity index (χ2n) is 8.65. The Morgan fingerprint density at radius 2 is 1.83 bits per heavy atom. The predicted octanol–water partition coefficient (Wildman–Crippen LogP) is 1.93. The zero-order chi connectivity index (χ0) is 20.8. The van der Waals surface area contributed by atoms with Crippen molar-refractivity contribution >= 4 is 11.9 Å². The molecular formula is C23H34N4O3. The normalized spacial score (nSPS) is 22.5. The van der Waals surface area contributed by atoms with E-state index in [1.807, 2.05) is 35.2 Å². The standard InChI is InChI=1S/C23H34N4O3/c28-22(20-8-9-20)27(12-11-25-13-15-30-16-14-25)21-7-4-10-26(18-21)23(29)24-17-19-5-2-1-3-6-19/h1-3,5-6,20-21H,4,7-18H2,(H,24,29). The first-order chi connectivity index (χ1) is 14.7. The van der Waals surface area contributed by atoms with Gasteiger partial charge in [-0.2, -0.15) is 0 Å². The van der Waals surface area contributed by atoms with Crippen LogP contribution < -0.4 is 5.32 Å². The highest BCUT2D eigenvalue weighted by atomic mass is 16.5. The van der Waals surface area contributed by atoms with E-state index in [9.17, 15) is 9.59 Å². The average Bonchev–Trinajstić information content (AvgIpc) is 3.65. The number of hydrogen-bond acceptors (Lipinski definition) is 4. The van der Waals surface area contributed by atoms with Gasteiger partial charge in [0.25, 0.3) is 0 Å². The number of likely N-dealkylation sites (tertiary alicyclic amines) is 1. The number of benzene rings is 1. The topological polar surface area (TPSA) is 65.1 Å². The van der Waals surface area contributed by atoms with E-state index in [1.165, 1.54) is 0 Å². The molecule has 30 heavy (non-hydrogen) atoms. The zero-order valence-corrected chi connectivity index (χ0v) is 17.8. The van der Waals surface area contributed by atoms with Crippen molar-refractivity contribution in [2.24, 2.45) is 5.92 Å². The molecule has 1 unspecified atom stereocenters. The molecule has 3 fully saturated rings. The number of rotatable bonds is 7. The van der Waals surface area contributed by atoms with Crippen molar-refractivity contribution in [1.29, 1.82) is 0 Å². The molecule has 1 aliphatic carbocycles. The Kier molecular flexibility index (Phi) is 7.23. The monoisotopic (exact) mass is 414 g/mol. The van der Waals surface area contributed by atoms with E-state index in [1.54, 1.807) is 0 Å². The van der Waals surface area contributed by atoms with E-state index in [0.717, 1.165) is 77.2 Å². The lowest BCUT2D eigenvalue weighted by Crippen LogP contribution is -2.55. The Labute approximate surface area is 179 Å². The quantitative estimate of drug-likeness (QED) is 0.741. The third kappa shape index (κ3) is 5.73. The third-order valence-corrected chi connectivity index (χ3v) is 6.38. The van der Waals surface area contributed by atoms with Gasteiger partial charge in [0, 0.05) is 57.8 Å². The minimum absolute atomic E-state index is 0.0319. The van der Waals surface area contributed by atoms with Gasteiger partial charge in [0.1, 0.15) is 0 Å². The minimum atomic E-state index is -0.0319. The highest BCUT2D eigenvalue weighted by molar-refractivity contribution is 5.81. The summed E-state index contributed by atoms with van der Waals surface area (Å²) in [6.07, 6.45) is 3.95. The van der Waals surface area contributed by atoms with Crippen LogP contribution in [0.1, 0.15) is 31.2 Å². The van der Waals surface area contributed by atoms with E-state index in [-0.39, 0.29) is 18.0 Å². The van der Waals surface area contributed by atoms with Gasteiger partial charge < -0.3 is 19.9 Å². The molecule has 1 aromatic rings. The molecular weight excluding hydrogens is 380 g/mol. The number of piperidine rings is 1. The lowest BCUT2D eigenvalue weighted by atomic mass is 10.0. The van der Waals surface area contributed by atoms with Gasteiger partial charge in [0.05, 0.1) is 13.2 Å². The summed E-state index contributed by atoms with van der Waals surface area (Å²) in [6, 6.07) is 10.1. The van der Waals surface area contributed by atoms with Crippen molar-refractivity contribution in [3.63, 3.8) is 0 Å². The van der Waals surface area contributed by atoms with Crippen molar-refractivity contribution in [3.05, 3.63) is 35.9 Å². The molecule has 1 atom stereocenters. The average molecular weight is 415 g/mol. The molecule has 3 aliphatic rings. The molecule has 1 saturated carbocycles. The Morgan fingerprint density at radius 1 is 1.07 bits per heavy atom. The number of nitrogens with one attached hydrogen (secondary N) is 1. The summed E-state index contributed by atoms with van der Waals surface area (Å²) in [7, 11) is 0. The molecule has 2 aliphatic heterocycles.